The van der Waals surface area contributed by atoms with E-state index < -0.39 is 23.9 Å². The largest absolute Gasteiger partial charge is 0.481 e. The van der Waals surface area contributed by atoms with E-state index in [1.807, 2.05) is 0 Å². The molecule has 0 aromatic carbocycles. The summed E-state index contributed by atoms with van der Waals surface area (Å²) in [7, 11) is 0. The topological polar surface area (TPSA) is 201 Å². The lowest BCUT2D eigenvalue weighted by Crippen LogP contribution is -2.17. The molecule has 8 N–H and O–H groups in total. The van der Waals surface area contributed by atoms with Gasteiger partial charge in [0.1, 0.15) is 0 Å². The molecule has 0 saturated carbocycles. The van der Waals surface area contributed by atoms with E-state index in [2.05, 4.69) is 0 Å². The number of nitrogens with two attached hydrogens (primary N) is 2. The molecule has 0 aliphatic rings. The van der Waals surface area contributed by atoms with Gasteiger partial charge in [-0.15, -0.1) is 0 Å². The summed E-state index contributed by atoms with van der Waals surface area (Å²) in [4.78, 5) is 36.0. The van der Waals surface area contributed by atoms with E-state index in [1.54, 1.807) is 0 Å². The molecular weight excluding hydrogens is 291 g/mol. The van der Waals surface area contributed by atoms with Crippen molar-refractivity contribution in [3.05, 3.63) is 0 Å². The highest BCUT2D eigenvalue weighted by molar-refractivity contribution is 6.30. The predicted octanol–water partition coefficient (Wildman–Crippen LogP) is -1.42. The molecule has 0 unspecified atom stereocenters. The van der Waals surface area contributed by atoms with Crippen molar-refractivity contribution < 1.29 is 39.6 Å². The van der Waals surface area contributed by atoms with Crippen LogP contribution in [-0.2, 0) is 19.2 Å². The highest BCUT2D eigenvalue weighted by Gasteiger charge is 1.67. The summed E-state index contributed by atoms with van der Waals surface area (Å²) in [5.74, 6) is -3.33. The van der Waals surface area contributed by atoms with Gasteiger partial charge in [-0.05, 0) is 5.41 Å². The molecule has 11 heteroatoms. The molecule has 0 aliphatic heterocycles. The highest BCUT2D eigenvalue weighted by Crippen LogP contribution is 1.43. The molecule has 120 valence electrons. The smallest absolute Gasteiger partial charge is 0.356 e. The van der Waals surface area contributed by atoms with Crippen LogP contribution in [0.1, 0.15) is 27.7 Å². The standard InChI is InChI=1S/4C2H4O2.CH4N.Al.H2N.H/c4*1-2(3)4;1-2;;;/h4*1H3,(H,3,4);1-2H2;;1H2;/q;;;;;+1;-1;. The normalized spacial score (nSPS) is 6.30. The van der Waals surface area contributed by atoms with Gasteiger partial charge in [-0.3, -0.25) is 19.2 Å². The van der Waals surface area contributed by atoms with Crippen molar-refractivity contribution >= 4 is 39.3 Å². The van der Waals surface area contributed by atoms with E-state index in [1.165, 1.54) is 0 Å². The van der Waals surface area contributed by atoms with Crippen molar-refractivity contribution in [3.8, 4) is 0 Å². The molecule has 0 spiro atoms. The van der Waals surface area contributed by atoms with Gasteiger partial charge in [0.15, 0.2) is 0 Å². The van der Waals surface area contributed by atoms with Crippen molar-refractivity contribution in [1.29, 1.82) is 0 Å². The summed E-state index contributed by atoms with van der Waals surface area (Å²) in [5.41, 5.74) is 4.96. The van der Waals surface area contributed by atoms with Crippen LogP contribution in [0.25, 0.3) is 0 Å². The zero-order valence-electron chi connectivity index (χ0n) is 12.0. The Kier molecular flexibility index (Phi) is 47.1. The molecule has 0 atom stereocenters. The summed E-state index contributed by atoms with van der Waals surface area (Å²) in [6.45, 7) is 4.33. The molecule has 0 rings (SSSR count). The van der Waals surface area contributed by atoms with Crippen LogP contribution < -0.4 is 10.5 Å². The summed E-state index contributed by atoms with van der Waals surface area (Å²) in [5, 5.41) is 30.4. The first-order chi connectivity index (χ1) is 8.84. The average molecular weight is 314 g/mol. The first-order valence-electron chi connectivity index (χ1n) is 5.03. The number of hydrogen-bond acceptors (Lipinski definition) is 6. The Morgan fingerprint density at radius 3 is 0.800 bits per heavy atom. The second-order valence-electron chi connectivity index (χ2n) is 2.65. The first kappa shape index (κ1) is 31.0. The maximum absolute atomic E-state index is 9.00. The summed E-state index contributed by atoms with van der Waals surface area (Å²) in [6, 6.07) is 0. The number of aliphatic carboxylic acids is 4. The van der Waals surface area contributed by atoms with Gasteiger partial charge in [-0.25, -0.2) is 0 Å². The van der Waals surface area contributed by atoms with Gasteiger partial charge in [-0.1, -0.05) is 0 Å². The van der Waals surface area contributed by atoms with Gasteiger partial charge in [0.05, 0.1) is 0 Å². The van der Waals surface area contributed by atoms with E-state index in [9.17, 15) is 0 Å². The summed E-state index contributed by atoms with van der Waals surface area (Å²) in [6.07, 6.45) is 0. The van der Waals surface area contributed by atoms with Crippen molar-refractivity contribution in [3.63, 3.8) is 0 Å². The maximum atomic E-state index is 9.00. The fraction of sp³-hybridized carbons (Fsp3) is 0.556. The van der Waals surface area contributed by atoms with E-state index >= 15 is 0 Å². The Morgan fingerprint density at radius 2 is 0.800 bits per heavy atom. The van der Waals surface area contributed by atoms with Crippen LogP contribution in [0.15, 0.2) is 0 Å². The van der Waals surface area contributed by atoms with Crippen LogP contribution in [0, 0.1) is 0 Å². The van der Waals surface area contributed by atoms with Gasteiger partial charge in [0.25, 0.3) is 23.9 Å². The van der Waals surface area contributed by atoms with Crippen LogP contribution in [0.4, 0.5) is 0 Å². The van der Waals surface area contributed by atoms with E-state index in [0.717, 1.165) is 33.1 Å². The monoisotopic (exact) mass is 314 g/mol. The third kappa shape index (κ3) is 8620. The zero-order valence-corrected chi connectivity index (χ0v) is 13.4. The molecule has 0 heterocycles. The van der Waals surface area contributed by atoms with Crippen LogP contribution in [-0.4, -0.2) is 65.2 Å². The van der Waals surface area contributed by atoms with Gasteiger partial charge in [0, 0.05) is 27.7 Å². The van der Waals surface area contributed by atoms with Crippen molar-refractivity contribution in [2.24, 2.45) is 10.5 Å². The molecular formula is C9H23AlN2O8. The molecule has 10 nitrogen and oxygen atoms in total. The lowest BCUT2D eigenvalue weighted by Gasteiger charge is -1.64. The molecule has 0 aromatic heterocycles. The minimum Gasteiger partial charge on any atom is -0.481 e. The minimum atomic E-state index is -0.833. The third-order valence-corrected chi connectivity index (χ3v) is 0.500. The molecule has 0 aliphatic carbocycles. The number of carboxylic acid groups (broad SMARTS) is 4. The van der Waals surface area contributed by atoms with Crippen molar-refractivity contribution in [1.82, 2.24) is 0 Å². The minimum absolute atomic E-state index is 0.298. The molecule has 20 heavy (non-hydrogen) atoms. The molecule has 0 bridgehead atoms. The number of hydrogen-bond donors (Lipinski definition) is 6. The van der Waals surface area contributed by atoms with Gasteiger partial charge in [-0.2, -0.15) is 0 Å². The molecule has 0 aromatic rings. The zero-order chi connectivity index (χ0) is 17.7. The first-order valence-corrected chi connectivity index (χ1v) is 6.84. The highest BCUT2D eigenvalue weighted by atomic mass is 27.1. The Balaban J connectivity index is -0.0000000469. The second kappa shape index (κ2) is 30.4. The van der Waals surface area contributed by atoms with Gasteiger partial charge < -0.3 is 30.9 Å². The van der Waals surface area contributed by atoms with Crippen LogP contribution in [0.2, 0.25) is 0 Å². The Labute approximate surface area is 123 Å². The predicted molar refractivity (Wildman–Crippen MR) is 73.6 cm³/mol. The Bertz CT molecular complexity index is 194. The number of rotatable bonds is 1. The Morgan fingerprint density at radius 1 is 0.750 bits per heavy atom. The molecule has 0 fully saturated rings. The maximum Gasteiger partial charge on any atom is 0.356 e. The number of carbonyl (C=O) groups is 4. The molecule has 0 amide bonds. The van der Waals surface area contributed by atoms with E-state index in [4.69, 9.17) is 50.1 Å². The third-order valence-electron chi connectivity index (χ3n) is 0.167. The lowest BCUT2D eigenvalue weighted by atomic mass is 10.9. The summed E-state index contributed by atoms with van der Waals surface area (Å²) >= 11 is -0.298. The molecule has 0 radical (unpaired) electrons. The molecule has 0 saturated heterocycles. The fourth-order valence-electron chi connectivity index (χ4n) is 0. The van der Waals surface area contributed by atoms with E-state index in [-0.39, 0.29) is 15.4 Å². The average Bonchev–Trinajstić information content (AvgIpc) is 2.13. The van der Waals surface area contributed by atoms with Crippen LogP contribution in [0.5, 0.6) is 0 Å². The Hall–Kier alpha value is -1.67. The van der Waals surface area contributed by atoms with Gasteiger partial charge >= 0.3 is 15.4 Å². The van der Waals surface area contributed by atoms with Crippen LogP contribution >= 0.6 is 0 Å². The SMILES string of the molecule is CC(=O)O.CC(=O)O.CC(=O)O.CC(=O)O.N[CH2][AlH][NH2]. The second-order valence-corrected chi connectivity index (χ2v) is 3.81. The van der Waals surface area contributed by atoms with Gasteiger partial charge in [0.2, 0.25) is 0 Å². The van der Waals surface area contributed by atoms with Crippen LogP contribution in [0.3, 0.4) is 0 Å². The quantitative estimate of drug-likeness (QED) is 0.312. The van der Waals surface area contributed by atoms with E-state index in [0.29, 0.717) is 0 Å². The van der Waals surface area contributed by atoms with Crippen molar-refractivity contribution in [2.75, 3.05) is 5.41 Å². The summed E-state index contributed by atoms with van der Waals surface area (Å²) < 4.78 is 5.04. The lowest BCUT2D eigenvalue weighted by molar-refractivity contribution is -0.135. The number of carboxylic acids is 4. The van der Waals surface area contributed by atoms with Crippen molar-refractivity contribution in [2.45, 2.75) is 27.7 Å². The fourth-order valence-corrected chi connectivity index (χ4v) is 0.